The highest BCUT2D eigenvalue weighted by molar-refractivity contribution is 5.93. The van der Waals surface area contributed by atoms with E-state index in [1.54, 1.807) is 12.1 Å². The fourth-order valence-corrected chi connectivity index (χ4v) is 3.22. The first-order valence-corrected chi connectivity index (χ1v) is 8.85. The fraction of sp³-hybridized carbons (Fsp3) is 0.579. The smallest absolute Gasteiger partial charge is 0.226 e. The predicted octanol–water partition coefficient (Wildman–Crippen LogP) is 3.52. The number of hydrogen-bond acceptors (Lipinski definition) is 3. The molecule has 1 fully saturated rings. The summed E-state index contributed by atoms with van der Waals surface area (Å²) in [4.78, 5) is 24.0. The molecular weight excluding hydrogens is 302 g/mol. The fourth-order valence-electron chi connectivity index (χ4n) is 3.22. The summed E-state index contributed by atoms with van der Waals surface area (Å²) in [7, 11) is 0. The third-order valence-electron chi connectivity index (χ3n) is 4.84. The first kappa shape index (κ1) is 18.5. The molecule has 5 heteroatoms. The van der Waals surface area contributed by atoms with Crippen LogP contribution in [0.15, 0.2) is 24.3 Å². The van der Waals surface area contributed by atoms with Crippen molar-refractivity contribution in [1.82, 2.24) is 0 Å². The SMILES string of the molecule is CC(C)C(=O)Nc1ccc(NC(=O)CC2(CN)CCCCC2)cc1. The van der Waals surface area contributed by atoms with Crippen LogP contribution in [0.4, 0.5) is 11.4 Å². The molecule has 24 heavy (non-hydrogen) atoms. The molecule has 5 nitrogen and oxygen atoms in total. The molecule has 0 bridgehead atoms. The van der Waals surface area contributed by atoms with Gasteiger partial charge in [0.25, 0.3) is 0 Å². The van der Waals surface area contributed by atoms with Gasteiger partial charge in [-0.15, -0.1) is 0 Å². The maximum absolute atomic E-state index is 12.4. The Labute approximate surface area is 144 Å². The number of carbonyl (C=O) groups excluding carboxylic acids is 2. The maximum atomic E-state index is 12.4. The van der Waals surface area contributed by atoms with Crippen molar-refractivity contribution in [2.45, 2.75) is 52.4 Å². The molecule has 0 aliphatic heterocycles. The van der Waals surface area contributed by atoms with Crippen molar-refractivity contribution in [3.05, 3.63) is 24.3 Å². The lowest BCUT2D eigenvalue weighted by atomic mass is 9.71. The summed E-state index contributed by atoms with van der Waals surface area (Å²) >= 11 is 0. The molecule has 2 amide bonds. The molecule has 0 unspecified atom stereocenters. The molecule has 0 spiro atoms. The molecule has 1 saturated carbocycles. The number of nitrogens with one attached hydrogen (secondary N) is 2. The highest BCUT2D eigenvalue weighted by Crippen LogP contribution is 2.38. The van der Waals surface area contributed by atoms with E-state index in [2.05, 4.69) is 10.6 Å². The Hall–Kier alpha value is -1.88. The molecule has 1 aromatic carbocycles. The number of nitrogens with two attached hydrogens (primary N) is 1. The average molecular weight is 331 g/mol. The van der Waals surface area contributed by atoms with Crippen LogP contribution >= 0.6 is 0 Å². The van der Waals surface area contributed by atoms with Crippen LogP contribution in [0.3, 0.4) is 0 Å². The van der Waals surface area contributed by atoms with Crippen LogP contribution in [0.1, 0.15) is 52.4 Å². The standard InChI is InChI=1S/C19H29N3O2/c1-14(2)18(24)22-16-8-6-15(7-9-16)21-17(23)12-19(13-20)10-4-3-5-11-19/h6-9,14H,3-5,10-13,20H2,1-2H3,(H,21,23)(H,22,24). The zero-order chi connectivity index (χ0) is 17.6. The van der Waals surface area contributed by atoms with Crippen LogP contribution in [-0.2, 0) is 9.59 Å². The summed E-state index contributed by atoms with van der Waals surface area (Å²) < 4.78 is 0. The molecule has 0 radical (unpaired) electrons. The van der Waals surface area contributed by atoms with Crippen LogP contribution in [0.2, 0.25) is 0 Å². The molecule has 0 saturated heterocycles. The second-order valence-corrected chi connectivity index (χ2v) is 7.21. The molecule has 0 atom stereocenters. The number of amides is 2. The minimum Gasteiger partial charge on any atom is -0.330 e. The maximum Gasteiger partial charge on any atom is 0.226 e. The molecule has 1 aliphatic carbocycles. The molecule has 4 N–H and O–H groups in total. The number of hydrogen-bond donors (Lipinski definition) is 3. The van der Waals surface area contributed by atoms with Crippen molar-refractivity contribution < 1.29 is 9.59 Å². The minimum absolute atomic E-state index is 0.0151. The molecule has 0 aromatic heterocycles. The van der Waals surface area contributed by atoms with Gasteiger partial charge in [-0.05, 0) is 49.1 Å². The van der Waals surface area contributed by atoms with Gasteiger partial charge in [-0.25, -0.2) is 0 Å². The minimum atomic E-state index is -0.0627. The van der Waals surface area contributed by atoms with E-state index >= 15 is 0 Å². The Morgan fingerprint density at radius 3 is 2.08 bits per heavy atom. The third-order valence-corrected chi connectivity index (χ3v) is 4.84. The molecule has 0 heterocycles. The highest BCUT2D eigenvalue weighted by Gasteiger charge is 2.32. The number of anilines is 2. The summed E-state index contributed by atoms with van der Waals surface area (Å²) in [5.74, 6) is -0.0670. The number of benzene rings is 1. The predicted molar refractivity (Wildman–Crippen MR) is 97.7 cm³/mol. The normalized spacial score (nSPS) is 16.7. The highest BCUT2D eigenvalue weighted by atomic mass is 16.2. The Bertz CT molecular complexity index is 560. The molecular formula is C19H29N3O2. The van der Waals surface area contributed by atoms with Gasteiger partial charge >= 0.3 is 0 Å². The second-order valence-electron chi connectivity index (χ2n) is 7.21. The summed E-state index contributed by atoms with van der Waals surface area (Å²) in [6.07, 6.45) is 6.12. The second kappa shape index (κ2) is 8.29. The summed E-state index contributed by atoms with van der Waals surface area (Å²) in [5, 5.41) is 5.78. The lowest BCUT2D eigenvalue weighted by Crippen LogP contribution is -2.36. The van der Waals surface area contributed by atoms with Crippen molar-refractivity contribution in [3.63, 3.8) is 0 Å². The van der Waals surface area contributed by atoms with Crippen molar-refractivity contribution in [2.75, 3.05) is 17.2 Å². The third kappa shape index (κ3) is 5.06. The monoisotopic (exact) mass is 331 g/mol. The molecule has 1 aromatic rings. The summed E-state index contributed by atoms with van der Waals surface area (Å²) in [6.45, 7) is 4.27. The van der Waals surface area contributed by atoms with E-state index in [9.17, 15) is 9.59 Å². The average Bonchev–Trinajstić information content (AvgIpc) is 2.57. The van der Waals surface area contributed by atoms with Crippen molar-refractivity contribution in [2.24, 2.45) is 17.1 Å². The van der Waals surface area contributed by atoms with Crippen molar-refractivity contribution >= 4 is 23.2 Å². The van der Waals surface area contributed by atoms with Gasteiger partial charge in [-0.3, -0.25) is 9.59 Å². The Balaban J connectivity index is 1.90. The van der Waals surface area contributed by atoms with Gasteiger partial charge in [0.2, 0.25) is 11.8 Å². The van der Waals surface area contributed by atoms with E-state index < -0.39 is 0 Å². The van der Waals surface area contributed by atoms with Gasteiger partial charge in [0.05, 0.1) is 0 Å². The van der Waals surface area contributed by atoms with E-state index in [-0.39, 0.29) is 23.1 Å². The van der Waals surface area contributed by atoms with E-state index in [1.807, 2.05) is 26.0 Å². The quantitative estimate of drug-likeness (QED) is 0.745. The van der Waals surface area contributed by atoms with Crippen LogP contribution in [0.25, 0.3) is 0 Å². The van der Waals surface area contributed by atoms with Crippen molar-refractivity contribution in [1.29, 1.82) is 0 Å². The largest absolute Gasteiger partial charge is 0.330 e. The molecule has 132 valence electrons. The lowest BCUT2D eigenvalue weighted by Gasteiger charge is -2.35. The first-order chi connectivity index (χ1) is 11.4. The Morgan fingerprint density at radius 2 is 1.58 bits per heavy atom. The molecule has 2 rings (SSSR count). The van der Waals surface area contributed by atoms with E-state index in [1.165, 1.54) is 6.42 Å². The van der Waals surface area contributed by atoms with Gasteiger partial charge in [-0.1, -0.05) is 33.1 Å². The zero-order valence-electron chi connectivity index (χ0n) is 14.7. The summed E-state index contributed by atoms with van der Waals surface area (Å²) in [5.41, 5.74) is 7.39. The van der Waals surface area contributed by atoms with Crippen molar-refractivity contribution in [3.8, 4) is 0 Å². The van der Waals surface area contributed by atoms with E-state index in [0.717, 1.165) is 37.1 Å². The topological polar surface area (TPSA) is 84.2 Å². The van der Waals surface area contributed by atoms with Crippen LogP contribution < -0.4 is 16.4 Å². The zero-order valence-corrected chi connectivity index (χ0v) is 14.7. The Morgan fingerprint density at radius 1 is 1.04 bits per heavy atom. The van der Waals surface area contributed by atoms with Gasteiger partial charge in [0, 0.05) is 23.7 Å². The van der Waals surface area contributed by atoms with Gasteiger partial charge in [-0.2, -0.15) is 0 Å². The Kier molecular flexibility index (Phi) is 6.37. The van der Waals surface area contributed by atoms with E-state index in [0.29, 0.717) is 13.0 Å². The lowest BCUT2D eigenvalue weighted by molar-refractivity contribution is -0.119. The first-order valence-electron chi connectivity index (χ1n) is 8.85. The number of rotatable bonds is 6. The van der Waals surface area contributed by atoms with Crippen LogP contribution in [0.5, 0.6) is 0 Å². The molecule has 1 aliphatic rings. The van der Waals surface area contributed by atoms with Gasteiger partial charge < -0.3 is 16.4 Å². The van der Waals surface area contributed by atoms with Gasteiger partial charge in [0.1, 0.15) is 0 Å². The summed E-state index contributed by atoms with van der Waals surface area (Å²) in [6, 6.07) is 7.22. The van der Waals surface area contributed by atoms with Crippen LogP contribution in [0, 0.1) is 11.3 Å². The number of carbonyl (C=O) groups is 2. The van der Waals surface area contributed by atoms with Crippen LogP contribution in [-0.4, -0.2) is 18.4 Å². The van der Waals surface area contributed by atoms with Gasteiger partial charge in [0.15, 0.2) is 0 Å². The van der Waals surface area contributed by atoms with E-state index in [4.69, 9.17) is 5.73 Å².